The lowest BCUT2D eigenvalue weighted by Gasteiger charge is -2.14. The summed E-state index contributed by atoms with van der Waals surface area (Å²) in [6, 6.07) is 34.2. The Morgan fingerprint density at radius 3 is 1.91 bits per heavy atom. The van der Waals surface area contributed by atoms with Gasteiger partial charge in [0.2, 0.25) is 0 Å². The van der Waals surface area contributed by atoms with Crippen molar-refractivity contribution in [2.75, 3.05) is 0 Å². The number of aromatic nitrogens is 4. The van der Waals surface area contributed by atoms with Crippen LogP contribution in [-0.4, -0.2) is 19.3 Å². The Bertz CT molecular complexity index is 1460. The molecule has 0 saturated carbocycles. The van der Waals surface area contributed by atoms with E-state index < -0.39 is 0 Å². The monoisotopic (exact) mass is 444 g/mol. The van der Waals surface area contributed by atoms with Crippen molar-refractivity contribution < 1.29 is 0 Å². The molecule has 34 heavy (non-hydrogen) atoms. The summed E-state index contributed by atoms with van der Waals surface area (Å²) >= 11 is 0. The normalized spacial score (nSPS) is 10.9. The van der Waals surface area contributed by atoms with Crippen molar-refractivity contribution in [2.45, 2.75) is 26.7 Å². The first-order chi connectivity index (χ1) is 16.8. The zero-order valence-electron chi connectivity index (χ0n) is 19.6. The average Bonchev–Trinajstić information content (AvgIpc) is 3.56. The number of benzene rings is 4. The maximum atomic E-state index is 3.99. The molecule has 0 atom stereocenters. The van der Waals surface area contributed by atoms with Crippen LogP contribution in [-0.2, 0) is 12.8 Å². The molecular formula is C30H28N4. The van der Waals surface area contributed by atoms with Gasteiger partial charge in [-0.3, -0.25) is 0 Å². The first-order valence-electron chi connectivity index (χ1n) is 11.8. The fraction of sp³-hybridized carbons (Fsp3) is 0.133. The summed E-state index contributed by atoms with van der Waals surface area (Å²) in [4.78, 5) is 3.85. The van der Waals surface area contributed by atoms with E-state index in [1.807, 2.05) is 30.3 Å². The van der Waals surface area contributed by atoms with Gasteiger partial charge in [-0.1, -0.05) is 80.6 Å². The minimum atomic E-state index is 1.03. The summed E-state index contributed by atoms with van der Waals surface area (Å²) < 4.78 is 4.16. The molecule has 4 nitrogen and oxygen atoms in total. The predicted molar refractivity (Wildman–Crippen MR) is 141 cm³/mol. The first-order valence-corrected chi connectivity index (χ1v) is 11.8. The van der Waals surface area contributed by atoms with Crippen molar-refractivity contribution in [3.8, 4) is 11.4 Å². The van der Waals surface area contributed by atoms with Gasteiger partial charge in [0, 0.05) is 16.5 Å². The number of rotatable bonds is 4. The summed E-state index contributed by atoms with van der Waals surface area (Å²) in [5, 5.41) is 6.64. The Morgan fingerprint density at radius 2 is 1.32 bits per heavy atom. The molecule has 0 radical (unpaired) electrons. The highest BCUT2D eigenvalue weighted by atomic mass is 15.3. The van der Waals surface area contributed by atoms with Crippen LogP contribution in [0.15, 0.2) is 110 Å². The third-order valence-electron chi connectivity index (χ3n) is 6.20. The van der Waals surface area contributed by atoms with Gasteiger partial charge in [-0.2, -0.15) is 5.10 Å². The average molecular weight is 445 g/mol. The van der Waals surface area contributed by atoms with E-state index >= 15 is 0 Å². The highest BCUT2D eigenvalue weighted by Crippen LogP contribution is 2.33. The third kappa shape index (κ3) is 4.11. The zero-order valence-corrected chi connectivity index (χ0v) is 19.6. The number of hydrogen-bond acceptors (Lipinski definition) is 2. The maximum Gasteiger partial charge on any atom is 0.138 e. The molecule has 6 aromatic rings. The van der Waals surface area contributed by atoms with Crippen LogP contribution in [0.25, 0.3) is 33.2 Å². The van der Waals surface area contributed by atoms with Crippen LogP contribution in [0.1, 0.15) is 25.0 Å². The van der Waals surface area contributed by atoms with E-state index in [1.54, 1.807) is 11.0 Å². The van der Waals surface area contributed by atoms with Crippen molar-refractivity contribution >= 4 is 21.8 Å². The molecule has 2 aromatic heterocycles. The Kier molecular flexibility index (Phi) is 6.21. The van der Waals surface area contributed by atoms with Gasteiger partial charge in [0.15, 0.2) is 0 Å². The number of hydrogen-bond donors (Lipinski definition) is 0. The van der Waals surface area contributed by atoms with Crippen LogP contribution in [0, 0.1) is 0 Å². The molecule has 4 aromatic carbocycles. The molecule has 6 rings (SSSR count). The standard InChI is InChI=1S/C22H21N.C8H7N3/c1-3-16-13-14-17(4-2)22(15-16)23-20-11-7-5-9-18(20)19-10-6-8-12-21(19)23;1-2-4-8(5-3-1)11-7-9-6-10-11/h5-15H,3-4H2,1-2H3;1-7H. The summed E-state index contributed by atoms with van der Waals surface area (Å²) in [5.74, 6) is 0. The van der Waals surface area contributed by atoms with Gasteiger partial charge in [0.1, 0.15) is 12.7 Å². The first kappa shape index (κ1) is 21.7. The molecule has 0 fully saturated rings. The highest BCUT2D eigenvalue weighted by Gasteiger charge is 2.13. The van der Waals surface area contributed by atoms with E-state index in [-0.39, 0.29) is 0 Å². The van der Waals surface area contributed by atoms with Gasteiger partial charge < -0.3 is 4.57 Å². The molecule has 0 aliphatic rings. The third-order valence-corrected chi connectivity index (χ3v) is 6.20. The van der Waals surface area contributed by atoms with E-state index in [4.69, 9.17) is 0 Å². The van der Waals surface area contributed by atoms with Crippen LogP contribution in [0.4, 0.5) is 0 Å². The molecule has 0 bridgehead atoms. The van der Waals surface area contributed by atoms with Crippen LogP contribution < -0.4 is 0 Å². The molecule has 4 heteroatoms. The van der Waals surface area contributed by atoms with Crippen molar-refractivity contribution in [3.05, 3.63) is 121 Å². The zero-order chi connectivity index (χ0) is 23.3. The van der Waals surface area contributed by atoms with Crippen molar-refractivity contribution in [1.82, 2.24) is 19.3 Å². The quantitative estimate of drug-likeness (QED) is 0.289. The molecule has 0 N–H and O–H groups in total. The molecule has 0 amide bonds. The smallest absolute Gasteiger partial charge is 0.138 e. The van der Waals surface area contributed by atoms with Gasteiger partial charge in [-0.15, -0.1) is 0 Å². The molecule has 0 aliphatic carbocycles. The van der Waals surface area contributed by atoms with Crippen LogP contribution in [0.3, 0.4) is 0 Å². The highest BCUT2D eigenvalue weighted by molar-refractivity contribution is 6.09. The minimum absolute atomic E-state index is 1.03. The van der Waals surface area contributed by atoms with Gasteiger partial charge in [0.25, 0.3) is 0 Å². The van der Waals surface area contributed by atoms with Gasteiger partial charge >= 0.3 is 0 Å². The van der Waals surface area contributed by atoms with Crippen molar-refractivity contribution in [2.24, 2.45) is 0 Å². The molecule has 2 heterocycles. The minimum Gasteiger partial charge on any atom is -0.309 e. The Hall–Kier alpha value is -4.18. The van der Waals surface area contributed by atoms with E-state index in [0.29, 0.717) is 0 Å². The summed E-state index contributed by atoms with van der Waals surface area (Å²) in [7, 11) is 0. The molecular weight excluding hydrogens is 416 g/mol. The summed E-state index contributed by atoms with van der Waals surface area (Å²) in [5.41, 5.74) is 7.72. The van der Waals surface area contributed by atoms with Gasteiger partial charge in [-0.05, 0) is 54.3 Å². The lowest BCUT2D eigenvalue weighted by Crippen LogP contribution is -2.00. The second-order valence-electron chi connectivity index (χ2n) is 8.22. The lowest BCUT2D eigenvalue weighted by atomic mass is 10.0. The van der Waals surface area contributed by atoms with Crippen LogP contribution in [0.5, 0.6) is 0 Å². The summed E-state index contributed by atoms with van der Waals surface area (Å²) in [6.07, 6.45) is 5.30. The Balaban J connectivity index is 0.000000183. The Morgan fingerprint density at radius 1 is 0.676 bits per heavy atom. The number of para-hydroxylation sites is 3. The Labute approximate surface area is 200 Å². The second-order valence-corrected chi connectivity index (χ2v) is 8.22. The molecule has 0 aliphatic heterocycles. The van der Waals surface area contributed by atoms with E-state index in [2.05, 4.69) is 95.2 Å². The fourth-order valence-electron chi connectivity index (χ4n) is 4.44. The molecule has 168 valence electrons. The predicted octanol–water partition coefficient (Wildman–Crippen LogP) is 7.18. The molecule has 0 unspecified atom stereocenters. The number of fused-ring (bicyclic) bond motifs is 3. The fourth-order valence-corrected chi connectivity index (χ4v) is 4.44. The van der Waals surface area contributed by atoms with Crippen molar-refractivity contribution in [3.63, 3.8) is 0 Å². The number of nitrogens with zero attached hydrogens (tertiary/aromatic N) is 4. The van der Waals surface area contributed by atoms with Crippen LogP contribution >= 0.6 is 0 Å². The van der Waals surface area contributed by atoms with E-state index in [1.165, 1.54) is 44.9 Å². The molecule has 0 spiro atoms. The summed E-state index contributed by atoms with van der Waals surface area (Å²) in [6.45, 7) is 4.45. The second kappa shape index (κ2) is 9.75. The van der Waals surface area contributed by atoms with E-state index in [9.17, 15) is 0 Å². The van der Waals surface area contributed by atoms with Gasteiger partial charge in [-0.25, -0.2) is 9.67 Å². The van der Waals surface area contributed by atoms with E-state index in [0.717, 1.165) is 18.5 Å². The van der Waals surface area contributed by atoms with Gasteiger partial charge in [0.05, 0.1) is 16.7 Å². The molecule has 0 saturated heterocycles. The van der Waals surface area contributed by atoms with Crippen molar-refractivity contribution in [1.29, 1.82) is 0 Å². The lowest BCUT2D eigenvalue weighted by molar-refractivity contribution is 0.879. The maximum absolute atomic E-state index is 3.99. The topological polar surface area (TPSA) is 35.6 Å². The SMILES string of the molecule is CCc1ccc(CC)c(-n2c3ccccc3c3ccccc32)c1.c1ccc(-n2cncn2)cc1. The number of aryl methyl sites for hydroxylation is 2. The largest absolute Gasteiger partial charge is 0.309 e. The van der Waals surface area contributed by atoms with Crippen LogP contribution in [0.2, 0.25) is 0 Å².